The number of thiazole rings is 1. The largest absolute Gasteiger partial charge is 0.393 e. The first-order valence-electron chi connectivity index (χ1n) is 5.31. The van der Waals surface area contributed by atoms with E-state index in [9.17, 15) is 18.5 Å². The number of sulfonamides is 1. The van der Waals surface area contributed by atoms with Gasteiger partial charge in [-0.2, -0.15) is 0 Å². The van der Waals surface area contributed by atoms with Crippen molar-refractivity contribution in [1.82, 2.24) is 9.71 Å². The summed E-state index contributed by atoms with van der Waals surface area (Å²) in [5.74, 6) is 0. The molecule has 0 radical (unpaired) electrons. The number of nitrogens with one attached hydrogen (secondary N) is 1. The molecule has 0 fully saturated rings. The maximum Gasteiger partial charge on any atom is 0.293 e. The highest BCUT2D eigenvalue weighted by Gasteiger charge is 2.20. The molecular formula is C10H10N4O4S2. The minimum Gasteiger partial charge on any atom is -0.393 e. The first kappa shape index (κ1) is 14.4. The number of rotatable bonds is 5. The summed E-state index contributed by atoms with van der Waals surface area (Å²) in [6, 6.07) is 3.35. The SMILES string of the molecule is Nc1ccc(S(=O)(=O)NCc2cncs2)cc1[N+](=O)[O-]. The number of nitrogens with two attached hydrogens (primary N) is 1. The smallest absolute Gasteiger partial charge is 0.293 e. The number of hydrogen-bond acceptors (Lipinski definition) is 7. The lowest BCUT2D eigenvalue weighted by Crippen LogP contribution is -2.23. The molecule has 106 valence electrons. The van der Waals surface area contributed by atoms with E-state index in [1.807, 2.05) is 0 Å². The third-order valence-electron chi connectivity index (χ3n) is 2.43. The Bertz CT molecular complexity index is 728. The van der Waals surface area contributed by atoms with Crippen molar-refractivity contribution in [2.45, 2.75) is 11.4 Å². The molecule has 0 unspecified atom stereocenters. The van der Waals surface area contributed by atoms with Crippen molar-refractivity contribution in [3.8, 4) is 0 Å². The van der Waals surface area contributed by atoms with Crippen LogP contribution in [-0.4, -0.2) is 18.3 Å². The van der Waals surface area contributed by atoms with Gasteiger partial charge < -0.3 is 5.73 Å². The van der Waals surface area contributed by atoms with Crippen LogP contribution in [0, 0.1) is 10.1 Å². The molecule has 1 aromatic heterocycles. The van der Waals surface area contributed by atoms with E-state index in [1.165, 1.54) is 23.5 Å². The summed E-state index contributed by atoms with van der Waals surface area (Å²) >= 11 is 1.30. The molecule has 0 aliphatic carbocycles. The number of nitro benzene ring substituents is 1. The normalized spacial score (nSPS) is 11.4. The summed E-state index contributed by atoms with van der Waals surface area (Å²) in [6.07, 6.45) is 1.54. The second-order valence-corrected chi connectivity index (χ2v) is 6.51. The van der Waals surface area contributed by atoms with Gasteiger partial charge in [0.15, 0.2) is 0 Å². The predicted molar refractivity (Wildman–Crippen MR) is 73.6 cm³/mol. The summed E-state index contributed by atoms with van der Waals surface area (Å²) < 4.78 is 26.4. The summed E-state index contributed by atoms with van der Waals surface area (Å²) in [6.45, 7) is 0.0746. The number of benzene rings is 1. The van der Waals surface area contributed by atoms with Crippen LogP contribution in [0.1, 0.15) is 4.88 Å². The Labute approximate surface area is 118 Å². The number of anilines is 1. The number of hydrogen-bond donors (Lipinski definition) is 2. The molecule has 20 heavy (non-hydrogen) atoms. The molecule has 1 heterocycles. The van der Waals surface area contributed by atoms with Crippen molar-refractivity contribution in [2.75, 3.05) is 5.73 Å². The van der Waals surface area contributed by atoms with Crippen LogP contribution in [0.15, 0.2) is 34.8 Å². The maximum absolute atomic E-state index is 12.0. The summed E-state index contributed by atoms with van der Waals surface area (Å²) in [5, 5.41) is 10.7. The molecular weight excluding hydrogens is 304 g/mol. The molecule has 8 nitrogen and oxygen atoms in total. The molecule has 0 amide bonds. The quantitative estimate of drug-likeness (QED) is 0.483. The van der Waals surface area contributed by atoms with Crippen LogP contribution in [0.25, 0.3) is 0 Å². The summed E-state index contributed by atoms with van der Waals surface area (Å²) in [7, 11) is -3.84. The van der Waals surface area contributed by atoms with Crippen molar-refractivity contribution in [3.63, 3.8) is 0 Å². The van der Waals surface area contributed by atoms with E-state index in [0.717, 1.165) is 10.9 Å². The van der Waals surface area contributed by atoms with E-state index >= 15 is 0 Å². The Morgan fingerprint density at radius 3 is 2.80 bits per heavy atom. The zero-order chi connectivity index (χ0) is 14.8. The van der Waals surface area contributed by atoms with E-state index in [-0.39, 0.29) is 17.1 Å². The van der Waals surface area contributed by atoms with Gasteiger partial charge in [0.1, 0.15) is 5.69 Å². The van der Waals surface area contributed by atoms with Gasteiger partial charge in [-0.05, 0) is 12.1 Å². The van der Waals surface area contributed by atoms with Gasteiger partial charge in [-0.25, -0.2) is 13.1 Å². The fraction of sp³-hybridized carbons (Fsp3) is 0.100. The van der Waals surface area contributed by atoms with Gasteiger partial charge in [0.2, 0.25) is 10.0 Å². The molecule has 2 aromatic rings. The first-order valence-corrected chi connectivity index (χ1v) is 7.67. The lowest BCUT2D eigenvalue weighted by Gasteiger charge is -2.06. The Morgan fingerprint density at radius 2 is 2.20 bits per heavy atom. The predicted octanol–water partition coefficient (Wildman–Crippen LogP) is 1.11. The average molecular weight is 314 g/mol. The van der Waals surface area contributed by atoms with Gasteiger partial charge in [0, 0.05) is 23.7 Å². The molecule has 0 saturated heterocycles. The number of nitrogen functional groups attached to an aromatic ring is 1. The van der Waals surface area contributed by atoms with E-state index in [1.54, 1.807) is 11.7 Å². The molecule has 3 N–H and O–H groups in total. The van der Waals surface area contributed by atoms with Gasteiger partial charge in [0.05, 0.1) is 15.3 Å². The topological polar surface area (TPSA) is 128 Å². The highest BCUT2D eigenvalue weighted by Crippen LogP contribution is 2.24. The average Bonchev–Trinajstić information content (AvgIpc) is 2.89. The molecule has 0 atom stereocenters. The molecule has 0 bridgehead atoms. The van der Waals surface area contributed by atoms with Gasteiger partial charge >= 0.3 is 0 Å². The Kier molecular flexibility index (Phi) is 3.97. The van der Waals surface area contributed by atoms with Gasteiger partial charge in [0.25, 0.3) is 5.69 Å². The van der Waals surface area contributed by atoms with Crippen LogP contribution in [0.4, 0.5) is 11.4 Å². The highest BCUT2D eigenvalue weighted by molar-refractivity contribution is 7.89. The second-order valence-electron chi connectivity index (χ2n) is 3.77. The standard InChI is InChI=1S/C10H10N4O4S2/c11-9-2-1-8(3-10(9)14(15)16)20(17,18)13-5-7-4-12-6-19-7/h1-4,6,13H,5,11H2. The fourth-order valence-electron chi connectivity index (χ4n) is 1.43. The summed E-state index contributed by atoms with van der Waals surface area (Å²) in [4.78, 5) is 14.4. The van der Waals surface area contributed by atoms with Crippen molar-refractivity contribution < 1.29 is 13.3 Å². The first-order chi connectivity index (χ1) is 9.40. The number of aromatic nitrogens is 1. The van der Waals surface area contributed by atoms with Gasteiger partial charge in [-0.1, -0.05) is 0 Å². The van der Waals surface area contributed by atoms with Crippen LogP contribution in [0.5, 0.6) is 0 Å². The zero-order valence-electron chi connectivity index (χ0n) is 10.0. The minimum atomic E-state index is -3.84. The second kappa shape index (κ2) is 5.53. The van der Waals surface area contributed by atoms with Crippen LogP contribution in [0.3, 0.4) is 0 Å². The number of nitrogens with zero attached hydrogens (tertiary/aromatic N) is 2. The lowest BCUT2D eigenvalue weighted by molar-refractivity contribution is -0.384. The van der Waals surface area contributed by atoms with Gasteiger partial charge in [-0.3, -0.25) is 15.1 Å². The van der Waals surface area contributed by atoms with Crippen LogP contribution in [0.2, 0.25) is 0 Å². The van der Waals surface area contributed by atoms with Crippen molar-refractivity contribution in [2.24, 2.45) is 0 Å². The lowest BCUT2D eigenvalue weighted by atomic mass is 10.3. The van der Waals surface area contributed by atoms with Crippen LogP contribution in [-0.2, 0) is 16.6 Å². The molecule has 0 aliphatic heterocycles. The van der Waals surface area contributed by atoms with Crippen molar-refractivity contribution in [1.29, 1.82) is 0 Å². The molecule has 1 aromatic carbocycles. The Balaban J connectivity index is 2.25. The minimum absolute atomic E-state index is 0.0746. The summed E-state index contributed by atoms with van der Waals surface area (Å²) in [5.41, 5.74) is 6.48. The molecule has 0 saturated carbocycles. The van der Waals surface area contributed by atoms with E-state index < -0.39 is 20.6 Å². The third-order valence-corrected chi connectivity index (χ3v) is 4.61. The van der Waals surface area contributed by atoms with E-state index in [4.69, 9.17) is 5.73 Å². The molecule has 0 aliphatic rings. The fourth-order valence-corrected chi connectivity index (χ4v) is 3.08. The van der Waals surface area contributed by atoms with Crippen molar-refractivity contribution >= 4 is 32.7 Å². The van der Waals surface area contributed by atoms with Gasteiger partial charge in [-0.15, -0.1) is 11.3 Å². The Morgan fingerprint density at radius 1 is 1.45 bits per heavy atom. The monoisotopic (exact) mass is 314 g/mol. The van der Waals surface area contributed by atoms with Crippen LogP contribution < -0.4 is 10.5 Å². The maximum atomic E-state index is 12.0. The molecule has 10 heteroatoms. The highest BCUT2D eigenvalue weighted by atomic mass is 32.2. The third kappa shape index (κ3) is 3.10. The van der Waals surface area contributed by atoms with E-state index in [0.29, 0.717) is 0 Å². The molecule has 2 rings (SSSR count). The Hall–Kier alpha value is -2.04. The van der Waals surface area contributed by atoms with Crippen molar-refractivity contribution in [3.05, 3.63) is 44.9 Å². The van der Waals surface area contributed by atoms with E-state index in [2.05, 4.69) is 9.71 Å². The zero-order valence-corrected chi connectivity index (χ0v) is 11.6. The number of nitro groups is 1. The van der Waals surface area contributed by atoms with Crippen LogP contribution >= 0.6 is 11.3 Å². The molecule has 0 spiro atoms.